The number of nitrogens with zero attached hydrogens (tertiary/aromatic N) is 1. The van der Waals surface area contributed by atoms with Gasteiger partial charge in [-0.15, -0.1) is 0 Å². The lowest BCUT2D eigenvalue weighted by atomic mass is 10.2. The second-order valence-electron chi connectivity index (χ2n) is 5.99. The fourth-order valence-corrected chi connectivity index (χ4v) is 3.52. The van der Waals surface area contributed by atoms with Crippen molar-refractivity contribution in [2.24, 2.45) is 0 Å². The van der Waals surface area contributed by atoms with E-state index >= 15 is 0 Å². The minimum atomic E-state index is -0.0116. The summed E-state index contributed by atoms with van der Waals surface area (Å²) in [6.45, 7) is 3.33. The molecule has 3 aromatic rings. The van der Waals surface area contributed by atoms with Gasteiger partial charge in [-0.2, -0.15) is 0 Å². The highest BCUT2D eigenvalue weighted by Gasteiger charge is 2.08. The van der Waals surface area contributed by atoms with Crippen molar-refractivity contribution >= 4 is 32.6 Å². The van der Waals surface area contributed by atoms with Crippen molar-refractivity contribution in [1.29, 1.82) is 0 Å². The Morgan fingerprint density at radius 3 is 2.84 bits per heavy atom. The molecule has 1 amide bonds. The smallest absolute Gasteiger partial charge is 0.226 e. The number of nitrogens with one attached hydrogen (secondary N) is 1. The molecular formula is C20H22N2O2S. The summed E-state index contributed by atoms with van der Waals surface area (Å²) in [7, 11) is 0. The lowest BCUT2D eigenvalue weighted by Crippen LogP contribution is -2.12. The summed E-state index contributed by atoms with van der Waals surface area (Å²) in [6, 6.07) is 16.4. The van der Waals surface area contributed by atoms with Gasteiger partial charge in [-0.05, 0) is 43.0 Å². The van der Waals surface area contributed by atoms with Gasteiger partial charge in [-0.25, -0.2) is 4.98 Å². The van der Waals surface area contributed by atoms with Crippen LogP contribution in [-0.4, -0.2) is 24.1 Å². The first-order chi connectivity index (χ1) is 12.2. The predicted molar refractivity (Wildman–Crippen MR) is 103 cm³/mol. The zero-order valence-electron chi connectivity index (χ0n) is 14.3. The molecule has 0 unspecified atom stereocenters. The van der Waals surface area contributed by atoms with Gasteiger partial charge in [0.2, 0.25) is 5.91 Å². The average molecular weight is 354 g/mol. The van der Waals surface area contributed by atoms with Gasteiger partial charge in [0.1, 0.15) is 0 Å². The van der Waals surface area contributed by atoms with Crippen LogP contribution >= 0.6 is 11.3 Å². The number of hydrogen-bond donors (Lipinski definition) is 1. The Kier molecular flexibility index (Phi) is 6.14. The number of amides is 1. The topological polar surface area (TPSA) is 51.2 Å². The molecule has 0 aliphatic carbocycles. The third kappa shape index (κ3) is 5.37. The van der Waals surface area contributed by atoms with Crippen molar-refractivity contribution in [2.75, 3.05) is 18.5 Å². The summed E-state index contributed by atoms with van der Waals surface area (Å²) in [4.78, 5) is 16.5. The fraction of sp³-hybridized carbons (Fsp3) is 0.300. The Hall–Kier alpha value is -2.24. The molecule has 0 saturated carbocycles. The van der Waals surface area contributed by atoms with Crippen LogP contribution in [0.25, 0.3) is 10.2 Å². The summed E-state index contributed by atoms with van der Waals surface area (Å²) in [6.07, 6.45) is 2.06. The Morgan fingerprint density at radius 2 is 2.00 bits per heavy atom. The van der Waals surface area contributed by atoms with Crippen LogP contribution in [0.4, 0.5) is 5.13 Å². The number of aromatic nitrogens is 1. The Labute approximate surface area is 151 Å². The summed E-state index contributed by atoms with van der Waals surface area (Å²) < 4.78 is 6.70. The molecule has 0 radical (unpaired) electrons. The van der Waals surface area contributed by atoms with Crippen LogP contribution in [0.1, 0.15) is 24.0 Å². The largest absolute Gasteiger partial charge is 0.381 e. The summed E-state index contributed by atoms with van der Waals surface area (Å²) in [5, 5.41) is 3.54. The predicted octanol–water partition coefficient (Wildman–Crippen LogP) is 4.58. The van der Waals surface area contributed by atoms with E-state index in [9.17, 15) is 4.79 Å². The Balaban J connectivity index is 1.35. The van der Waals surface area contributed by atoms with E-state index in [-0.39, 0.29) is 5.91 Å². The van der Waals surface area contributed by atoms with Crippen LogP contribution in [0, 0.1) is 6.92 Å². The number of carbonyl (C=O) groups is 1. The van der Waals surface area contributed by atoms with Crippen LogP contribution in [0.3, 0.4) is 0 Å². The van der Waals surface area contributed by atoms with Gasteiger partial charge in [0.25, 0.3) is 0 Å². The van der Waals surface area contributed by atoms with Crippen LogP contribution < -0.4 is 5.32 Å². The van der Waals surface area contributed by atoms with E-state index in [1.54, 1.807) is 0 Å². The molecule has 130 valence electrons. The first-order valence-corrected chi connectivity index (χ1v) is 9.31. The monoisotopic (exact) mass is 354 g/mol. The van der Waals surface area contributed by atoms with Crippen molar-refractivity contribution < 1.29 is 9.53 Å². The van der Waals surface area contributed by atoms with Gasteiger partial charge < -0.3 is 10.1 Å². The van der Waals surface area contributed by atoms with E-state index < -0.39 is 0 Å². The lowest BCUT2D eigenvalue weighted by Gasteiger charge is -2.04. The molecule has 0 aliphatic heterocycles. The van der Waals surface area contributed by atoms with E-state index in [1.807, 2.05) is 30.3 Å². The molecule has 1 aromatic heterocycles. The first-order valence-electron chi connectivity index (χ1n) is 8.49. The number of anilines is 1. The van der Waals surface area contributed by atoms with Crippen LogP contribution in [0.15, 0.2) is 48.5 Å². The molecule has 0 fully saturated rings. The van der Waals surface area contributed by atoms with Crippen molar-refractivity contribution in [3.05, 3.63) is 59.7 Å². The molecule has 0 bridgehead atoms. The molecule has 4 nitrogen and oxygen atoms in total. The molecule has 0 spiro atoms. The molecule has 2 aromatic carbocycles. The van der Waals surface area contributed by atoms with Crippen molar-refractivity contribution in [1.82, 2.24) is 4.98 Å². The number of fused-ring (bicyclic) bond motifs is 1. The molecule has 25 heavy (non-hydrogen) atoms. The first kappa shape index (κ1) is 17.6. The molecular weight excluding hydrogens is 332 g/mol. The number of aryl methyl sites for hydroxylation is 1. The Bertz CT molecular complexity index is 830. The SMILES string of the molecule is Cc1ccc2nc(NC(=O)CCCOCCc3ccccc3)sc2c1. The lowest BCUT2D eigenvalue weighted by molar-refractivity contribution is -0.116. The average Bonchev–Trinajstić information content (AvgIpc) is 3.00. The van der Waals surface area contributed by atoms with E-state index in [0.29, 0.717) is 31.2 Å². The van der Waals surface area contributed by atoms with E-state index in [4.69, 9.17) is 4.74 Å². The Morgan fingerprint density at radius 1 is 1.16 bits per heavy atom. The number of hydrogen-bond acceptors (Lipinski definition) is 4. The van der Waals surface area contributed by atoms with Gasteiger partial charge in [0.15, 0.2) is 5.13 Å². The zero-order chi connectivity index (χ0) is 17.5. The van der Waals surface area contributed by atoms with Crippen LogP contribution in [-0.2, 0) is 16.0 Å². The normalized spacial score (nSPS) is 10.9. The maximum absolute atomic E-state index is 12.0. The summed E-state index contributed by atoms with van der Waals surface area (Å²) >= 11 is 1.51. The second-order valence-corrected chi connectivity index (χ2v) is 7.02. The number of carbonyl (C=O) groups excluding carboxylic acids is 1. The molecule has 0 aliphatic rings. The third-order valence-corrected chi connectivity index (χ3v) is 4.79. The van der Waals surface area contributed by atoms with Gasteiger partial charge >= 0.3 is 0 Å². The van der Waals surface area contributed by atoms with Crippen molar-refractivity contribution in [2.45, 2.75) is 26.2 Å². The van der Waals surface area contributed by atoms with Crippen LogP contribution in [0.5, 0.6) is 0 Å². The molecule has 0 saturated heterocycles. The molecule has 3 rings (SSSR count). The molecule has 0 atom stereocenters. The van der Waals surface area contributed by atoms with E-state index in [1.165, 1.54) is 22.5 Å². The quantitative estimate of drug-likeness (QED) is 0.602. The highest BCUT2D eigenvalue weighted by molar-refractivity contribution is 7.22. The molecule has 1 N–H and O–H groups in total. The van der Waals surface area contributed by atoms with Gasteiger partial charge in [-0.1, -0.05) is 47.7 Å². The number of rotatable bonds is 8. The van der Waals surface area contributed by atoms with Gasteiger partial charge in [0.05, 0.1) is 16.8 Å². The molecule has 5 heteroatoms. The summed E-state index contributed by atoms with van der Waals surface area (Å²) in [5.41, 5.74) is 3.39. The van der Waals surface area contributed by atoms with Crippen molar-refractivity contribution in [3.63, 3.8) is 0 Å². The maximum atomic E-state index is 12.0. The fourth-order valence-electron chi connectivity index (χ4n) is 2.54. The van der Waals surface area contributed by atoms with Crippen LogP contribution in [0.2, 0.25) is 0 Å². The molecule has 1 heterocycles. The maximum Gasteiger partial charge on any atom is 0.226 e. The number of benzene rings is 2. The minimum absolute atomic E-state index is 0.0116. The zero-order valence-corrected chi connectivity index (χ0v) is 15.1. The highest BCUT2D eigenvalue weighted by Crippen LogP contribution is 2.26. The highest BCUT2D eigenvalue weighted by atomic mass is 32.1. The standard InChI is InChI=1S/C20H22N2O2S/c1-15-9-10-17-18(14-15)25-20(21-17)22-19(23)8-5-12-24-13-11-16-6-3-2-4-7-16/h2-4,6-7,9-10,14H,5,8,11-13H2,1H3,(H,21,22,23). The van der Waals surface area contributed by atoms with Crippen molar-refractivity contribution in [3.8, 4) is 0 Å². The van der Waals surface area contributed by atoms with Gasteiger partial charge in [-0.3, -0.25) is 4.79 Å². The summed E-state index contributed by atoms with van der Waals surface area (Å²) in [5.74, 6) is -0.0116. The second kappa shape index (κ2) is 8.74. The van der Waals surface area contributed by atoms with E-state index in [2.05, 4.69) is 35.4 Å². The third-order valence-electron chi connectivity index (χ3n) is 3.86. The minimum Gasteiger partial charge on any atom is -0.381 e. The van der Waals surface area contributed by atoms with Gasteiger partial charge in [0, 0.05) is 13.0 Å². The number of thiazole rings is 1. The number of ether oxygens (including phenoxy) is 1. The van der Waals surface area contributed by atoms with E-state index in [0.717, 1.165) is 16.6 Å².